The van der Waals surface area contributed by atoms with Gasteiger partial charge in [-0.2, -0.15) is 0 Å². The fraction of sp³-hybridized carbons (Fsp3) is 0.231. The van der Waals surface area contributed by atoms with Gasteiger partial charge in [-0.05, 0) is 41.7 Å². The minimum absolute atomic E-state index is 0.0628. The predicted octanol–water partition coefficient (Wildman–Crippen LogP) is 3.94. The van der Waals surface area contributed by atoms with E-state index in [0.29, 0.717) is 38.0 Å². The Balaban J connectivity index is 1.58. The van der Waals surface area contributed by atoms with Gasteiger partial charge in [-0.1, -0.05) is 72.8 Å². The molecular weight excluding hydrogens is 400 g/mol. The quantitative estimate of drug-likeness (QED) is 0.392. The van der Waals surface area contributed by atoms with E-state index < -0.39 is 0 Å². The van der Waals surface area contributed by atoms with E-state index in [1.54, 1.807) is 0 Å². The van der Waals surface area contributed by atoms with Crippen LogP contribution in [0.15, 0.2) is 84.9 Å². The molecule has 6 nitrogen and oxygen atoms in total. The number of rotatable bonds is 10. The summed E-state index contributed by atoms with van der Waals surface area (Å²) in [5.41, 5.74) is 9.46. The molecule has 0 aliphatic rings. The highest BCUT2D eigenvalue weighted by Gasteiger charge is 2.15. The summed E-state index contributed by atoms with van der Waals surface area (Å²) in [6, 6.07) is 27.3. The molecule has 0 heterocycles. The second-order valence-electron chi connectivity index (χ2n) is 7.61. The first-order valence-electron chi connectivity index (χ1n) is 10.9. The molecule has 0 unspecified atom stereocenters. The average Bonchev–Trinajstić information content (AvgIpc) is 2.83. The lowest BCUT2D eigenvalue weighted by Gasteiger charge is -2.19. The van der Waals surface area contributed by atoms with E-state index in [0.717, 1.165) is 16.7 Å². The second kappa shape index (κ2) is 12.3. The maximum Gasteiger partial charge on any atom is 0.319 e. The summed E-state index contributed by atoms with van der Waals surface area (Å²) in [4.78, 5) is 24.6. The molecule has 0 aromatic heterocycles. The van der Waals surface area contributed by atoms with Crippen molar-refractivity contribution in [3.8, 4) is 11.1 Å². The highest BCUT2D eigenvalue weighted by molar-refractivity contribution is 5.89. The molecule has 0 bridgehead atoms. The Morgan fingerprint density at radius 1 is 0.812 bits per heavy atom. The van der Waals surface area contributed by atoms with E-state index >= 15 is 0 Å². The first-order valence-corrected chi connectivity index (χ1v) is 10.9. The largest absolute Gasteiger partial charge is 0.355 e. The summed E-state index contributed by atoms with van der Waals surface area (Å²) < 4.78 is 0. The van der Waals surface area contributed by atoms with Gasteiger partial charge in [0, 0.05) is 31.2 Å². The van der Waals surface area contributed by atoms with Crippen LogP contribution in [0, 0.1) is 0 Å². The van der Waals surface area contributed by atoms with Crippen LogP contribution in [0.25, 0.3) is 11.1 Å². The molecule has 0 saturated heterocycles. The highest BCUT2D eigenvalue weighted by Crippen LogP contribution is 2.21. The second-order valence-corrected chi connectivity index (χ2v) is 7.61. The molecule has 0 spiro atoms. The van der Waals surface area contributed by atoms with Crippen molar-refractivity contribution in [1.82, 2.24) is 10.6 Å². The van der Waals surface area contributed by atoms with Crippen molar-refractivity contribution in [3.05, 3.63) is 90.5 Å². The number of benzene rings is 3. The number of nitrogens with two attached hydrogens (primary N) is 1. The van der Waals surface area contributed by atoms with Crippen molar-refractivity contribution in [2.24, 2.45) is 5.73 Å². The van der Waals surface area contributed by atoms with Gasteiger partial charge in [0.05, 0.1) is 0 Å². The number of hydrogen-bond donors (Lipinski definition) is 4. The van der Waals surface area contributed by atoms with E-state index in [1.807, 2.05) is 84.9 Å². The lowest BCUT2D eigenvalue weighted by Crippen LogP contribution is -2.40. The van der Waals surface area contributed by atoms with Crippen LogP contribution in [0.5, 0.6) is 0 Å². The van der Waals surface area contributed by atoms with Crippen LogP contribution in [0.4, 0.5) is 10.5 Å². The molecule has 32 heavy (non-hydrogen) atoms. The van der Waals surface area contributed by atoms with E-state index in [4.69, 9.17) is 5.73 Å². The van der Waals surface area contributed by atoms with E-state index in [-0.39, 0.29) is 18.0 Å². The van der Waals surface area contributed by atoms with Gasteiger partial charge in [0.15, 0.2) is 0 Å². The minimum Gasteiger partial charge on any atom is -0.355 e. The van der Waals surface area contributed by atoms with E-state index in [2.05, 4.69) is 16.0 Å². The molecule has 6 heteroatoms. The van der Waals surface area contributed by atoms with Crippen LogP contribution in [0.1, 0.15) is 18.4 Å². The third-order valence-corrected chi connectivity index (χ3v) is 5.10. The molecule has 5 N–H and O–H groups in total. The van der Waals surface area contributed by atoms with Crippen LogP contribution in [-0.4, -0.2) is 31.1 Å². The molecule has 0 aliphatic carbocycles. The summed E-state index contributed by atoms with van der Waals surface area (Å²) in [5, 5.41) is 8.68. The van der Waals surface area contributed by atoms with Crippen LogP contribution < -0.4 is 21.7 Å². The third kappa shape index (κ3) is 7.56. The van der Waals surface area contributed by atoms with Crippen molar-refractivity contribution in [2.75, 3.05) is 18.4 Å². The van der Waals surface area contributed by atoms with Crippen molar-refractivity contribution in [1.29, 1.82) is 0 Å². The number of carbonyl (C=O) groups is 2. The number of nitrogens with one attached hydrogen (secondary N) is 3. The average molecular weight is 431 g/mol. The molecule has 0 saturated carbocycles. The van der Waals surface area contributed by atoms with Gasteiger partial charge in [-0.25, -0.2) is 4.79 Å². The van der Waals surface area contributed by atoms with Crippen molar-refractivity contribution in [2.45, 2.75) is 25.3 Å². The molecule has 3 amide bonds. The monoisotopic (exact) mass is 430 g/mol. The predicted molar refractivity (Wildman–Crippen MR) is 129 cm³/mol. The number of carbonyl (C=O) groups excluding carboxylic acids is 2. The molecule has 0 aliphatic heterocycles. The Kier molecular flexibility index (Phi) is 8.83. The molecule has 3 aromatic rings. The fourth-order valence-corrected chi connectivity index (χ4v) is 3.46. The molecule has 0 fully saturated rings. The third-order valence-electron chi connectivity index (χ3n) is 5.10. The highest BCUT2D eigenvalue weighted by atomic mass is 16.2. The Morgan fingerprint density at radius 2 is 1.44 bits per heavy atom. The van der Waals surface area contributed by atoms with Crippen LogP contribution in [-0.2, 0) is 11.2 Å². The zero-order chi connectivity index (χ0) is 22.6. The Hall–Kier alpha value is -3.64. The first kappa shape index (κ1) is 23.0. The van der Waals surface area contributed by atoms with Gasteiger partial charge in [-0.3, -0.25) is 4.79 Å². The Labute approximate surface area is 189 Å². The first-order chi connectivity index (χ1) is 15.6. The van der Waals surface area contributed by atoms with Crippen molar-refractivity contribution < 1.29 is 9.59 Å². The van der Waals surface area contributed by atoms with Crippen LogP contribution in [0.2, 0.25) is 0 Å². The van der Waals surface area contributed by atoms with E-state index in [9.17, 15) is 9.59 Å². The zero-order valence-electron chi connectivity index (χ0n) is 18.1. The van der Waals surface area contributed by atoms with Gasteiger partial charge >= 0.3 is 6.03 Å². The molecule has 3 rings (SSSR count). The molecule has 3 aromatic carbocycles. The molecule has 166 valence electrons. The standard InChI is InChI=1S/C26H30N4O2/c27-17-18-28-25(31)16-15-24(19-20-7-3-1-4-8-20)30-26(32)29-23-13-11-22(12-14-23)21-9-5-2-6-10-21/h1-14,24H,15-19,27H2,(H,28,31)(H2,29,30,32)/t24-/m1/s1. The summed E-state index contributed by atoms with van der Waals surface area (Å²) in [6.07, 6.45) is 1.50. The van der Waals surface area contributed by atoms with Crippen molar-refractivity contribution in [3.63, 3.8) is 0 Å². The topological polar surface area (TPSA) is 96.2 Å². The summed E-state index contributed by atoms with van der Waals surface area (Å²) >= 11 is 0. The maximum absolute atomic E-state index is 12.6. The van der Waals surface area contributed by atoms with Gasteiger partial charge < -0.3 is 21.7 Å². The summed E-state index contributed by atoms with van der Waals surface area (Å²) in [5.74, 6) is -0.0628. The molecular formula is C26H30N4O2. The number of hydrogen-bond acceptors (Lipinski definition) is 3. The van der Waals surface area contributed by atoms with Gasteiger partial charge in [-0.15, -0.1) is 0 Å². The minimum atomic E-state index is -0.291. The van der Waals surface area contributed by atoms with Crippen molar-refractivity contribution >= 4 is 17.6 Å². The number of anilines is 1. The molecule has 0 radical (unpaired) electrons. The fourth-order valence-electron chi connectivity index (χ4n) is 3.46. The van der Waals surface area contributed by atoms with Gasteiger partial charge in [0.1, 0.15) is 0 Å². The number of urea groups is 1. The zero-order valence-corrected chi connectivity index (χ0v) is 18.1. The smallest absolute Gasteiger partial charge is 0.319 e. The summed E-state index contributed by atoms with van der Waals surface area (Å²) in [7, 11) is 0. The van der Waals surface area contributed by atoms with E-state index in [1.165, 1.54) is 0 Å². The van der Waals surface area contributed by atoms with Crippen LogP contribution >= 0.6 is 0 Å². The maximum atomic E-state index is 12.6. The van der Waals surface area contributed by atoms with Gasteiger partial charge in [0.2, 0.25) is 5.91 Å². The Morgan fingerprint density at radius 3 is 2.09 bits per heavy atom. The lowest BCUT2D eigenvalue weighted by atomic mass is 10.0. The summed E-state index contributed by atoms with van der Waals surface area (Å²) in [6.45, 7) is 0.859. The lowest BCUT2D eigenvalue weighted by molar-refractivity contribution is -0.121. The SMILES string of the molecule is NCCNC(=O)CC[C@H](Cc1ccccc1)NC(=O)Nc1ccc(-c2ccccc2)cc1. The van der Waals surface area contributed by atoms with Gasteiger partial charge in [0.25, 0.3) is 0 Å². The normalized spacial score (nSPS) is 11.4. The number of amides is 3. The molecule has 1 atom stereocenters. The Bertz CT molecular complexity index is 976. The van der Waals surface area contributed by atoms with Crippen LogP contribution in [0.3, 0.4) is 0 Å².